The predicted molar refractivity (Wildman–Crippen MR) is 138 cm³/mol. The van der Waals surface area contributed by atoms with Gasteiger partial charge in [0.15, 0.2) is 6.29 Å². The summed E-state index contributed by atoms with van der Waals surface area (Å²) >= 11 is 0. The highest BCUT2D eigenvalue weighted by Crippen LogP contribution is 2.70. The Kier molecular flexibility index (Phi) is 6.72. The normalized spacial score (nSPS) is 53.6. The second kappa shape index (κ2) is 9.49. The van der Waals surface area contributed by atoms with E-state index in [1.807, 2.05) is 0 Å². The Morgan fingerprint density at radius 1 is 1.08 bits per heavy atom. The van der Waals surface area contributed by atoms with Gasteiger partial charge < -0.3 is 39.8 Å². The molecule has 5 fully saturated rings. The number of hydrogen-bond acceptors (Lipinski definition) is 10. The number of hydrogen-bond donors (Lipinski definition) is 5. The van der Waals surface area contributed by atoms with Gasteiger partial charge >= 0.3 is 5.97 Å². The van der Waals surface area contributed by atoms with Gasteiger partial charge in [-0.1, -0.05) is 6.92 Å². The van der Waals surface area contributed by atoms with Crippen molar-refractivity contribution in [3.8, 4) is 0 Å². The van der Waals surface area contributed by atoms with Crippen LogP contribution in [0, 0.1) is 28.6 Å². The van der Waals surface area contributed by atoms with Crippen LogP contribution in [0.3, 0.4) is 0 Å². The fourth-order valence-corrected chi connectivity index (χ4v) is 9.89. The second-order valence-electron chi connectivity index (χ2n) is 13.4. The van der Waals surface area contributed by atoms with E-state index in [0.717, 1.165) is 24.8 Å². The molecule has 10 heteroatoms. The van der Waals surface area contributed by atoms with E-state index in [2.05, 4.69) is 12.1 Å². The maximum atomic E-state index is 12.4. The molecule has 39 heavy (non-hydrogen) atoms. The molecule has 0 amide bonds. The standard InChI is InChI=1S/C29H43NO9/c1-16-25(33)22(31)12-24(38-16)39-18-3-8-27(15-30-36)20-4-7-26(2)19(17-11-23(32)37-14-17)6-10-29(26,35)21(20)5-9-28(27,34)13-18/h11,15-16,18-22,24-25,31,33-36H,3-10,12-14H2,1-2H3/b30-15+/t16?,18?,19-,20-,21?,22?,24?,25?,26+,27-,28?,29?/m0/s1. The summed E-state index contributed by atoms with van der Waals surface area (Å²) in [4.78, 5) is 11.8. The van der Waals surface area contributed by atoms with Crippen LogP contribution in [0.1, 0.15) is 78.1 Å². The molecule has 0 radical (unpaired) electrons. The van der Waals surface area contributed by atoms with Crippen molar-refractivity contribution in [2.75, 3.05) is 6.61 Å². The van der Waals surface area contributed by atoms with Crippen LogP contribution in [0.15, 0.2) is 16.8 Å². The lowest BCUT2D eigenvalue weighted by Crippen LogP contribution is -2.69. The summed E-state index contributed by atoms with van der Waals surface area (Å²) in [6, 6.07) is 0. The molecule has 0 spiro atoms. The molecule has 6 aliphatic rings. The van der Waals surface area contributed by atoms with E-state index >= 15 is 0 Å². The van der Waals surface area contributed by atoms with Crippen LogP contribution in [0.5, 0.6) is 0 Å². The van der Waals surface area contributed by atoms with Crippen molar-refractivity contribution in [1.82, 2.24) is 0 Å². The van der Waals surface area contributed by atoms with Crippen molar-refractivity contribution in [3.63, 3.8) is 0 Å². The molecule has 1 saturated heterocycles. The summed E-state index contributed by atoms with van der Waals surface area (Å²) < 4.78 is 17.2. The van der Waals surface area contributed by atoms with Crippen LogP contribution in [-0.4, -0.2) is 86.3 Å². The molecular formula is C29H43NO9. The molecule has 6 rings (SSSR count). The zero-order valence-electron chi connectivity index (χ0n) is 22.9. The van der Waals surface area contributed by atoms with Crippen LogP contribution < -0.4 is 0 Å². The lowest BCUT2D eigenvalue weighted by atomic mass is 9.41. The third-order valence-electron chi connectivity index (χ3n) is 11.9. The first-order valence-electron chi connectivity index (χ1n) is 14.6. The third kappa shape index (κ3) is 3.96. The smallest absolute Gasteiger partial charge is 0.331 e. The van der Waals surface area contributed by atoms with Gasteiger partial charge in [0.1, 0.15) is 12.7 Å². The van der Waals surface area contributed by atoms with E-state index in [1.165, 1.54) is 6.21 Å². The Balaban J connectivity index is 1.24. The van der Waals surface area contributed by atoms with Gasteiger partial charge in [-0.2, -0.15) is 0 Å². The first-order chi connectivity index (χ1) is 18.5. The summed E-state index contributed by atoms with van der Waals surface area (Å²) in [5, 5.41) is 58.2. The van der Waals surface area contributed by atoms with Gasteiger partial charge in [-0.15, -0.1) is 5.16 Å². The van der Waals surface area contributed by atoms with E-state index in [1.54, 1.807) is 13.0 Å². The van der Waals surface area contributed by atoms with Crippen molar-refractivity contribution in [3.05, 3.63) is 11.6 Å². The van der Waals surface area contributed by atoms with E-state index < -0.39 is 46.6 Å². The Bertz CT molecular complexity index is 1040. The van der Waals surface area contributed by atoms with Crippen LogP contribution in [0.25, 0.3) is 0 Å². The fraction of sp³-hybridized carbons (Fsp3) is 0.862. The predicted octanol–water partition coefficient (Wildman–Crippen LogP) is 2.04. The highest BCUT2D eigenvalue weighted by atomic mass is 16.7. The Morgan fingerprint density at radius 2 is 1.85 bits per heavy atom. The average Bonchev–Trinajstić information content (AvgIpc) is 3.42. The quantitative estimate of drug-likeness (QED) is 0.116. The number of ether oxygens (including phenoxy) is 3. The monoisotopic (exact) mass is 549 g/mol. The van der Waals surface area contributed by atoms with Gasteiger partial charge in [0, 0.05) is 29.7 Å². The SMILES string of the molecule is CC1OC(OC2CC[C@]3(/C=N/O)[C@H]4CC[C@]5(C)[C@H](C6=CC(=O)OC6)CCC5(O)C4CCC3(O)C2)CC(O)C1O. The van der Waals surface area contributed by atoms with Crippen molar-refractivity contribution >= 4 is 12.2 Å². The third-order valence-corrected chi connectivity index (χ3v) is 11.9. The average molecular weight is 550 g/mol. The van der Waals surface area contributed by atoms with E-state index in [0.29, 0.717) is 45.1 Å². The van der Waals surface area contributed by atoms with Crippen LogP contribution in [0.4, 0.5) is 0 Å². The maximum Gasteiger partial charge on any atom is 0.331 e. The minimum Gasteiger partial charge on any atom is -0.458 e. The number of rotatable bonds is 4. The van der Waals surface area contributed by atoms with E-state index in [-0.39, 0.29) is 36.2 Å². The largest absolute Gasteiger partial charge is 0.458 e. The lowest BCUT2D eigenvalue weighted by Gasteiger charge is -2.65. The van der Waals surface area contributed by atoms with Crippen molar-refractivity contribution in [2.45, 2.75) is 120 Å². The lowest BCUT2D eigenvalue weighted by molar-refractivity contribution is -0.282. The van der Waals surface area contributed by atoms with Crippen LogP contribution in [0.2, 0.25) is 0 Å². The molecule has 0 aromatic rings. The number of fused-ring (bicyclic) bond motifs is 5. The molecule has 0 aromatic heterocycles. The van der Waals surface area contributed by atoms with E-state index in [4.69, 9.17) is 14.2 Å². The molecule has 0 aromatic carbocycles. The Morgan fingerprint density at radius 3 is 2.54 bits per heavy atom. The molecule has 2 heterocycles. The molecular weight excluding hydrogens is 506 g/mol. The number of carbonyl (C=O) groups excluding carboxylic acids is 1. The highest BCUT2D eigenvalue weighted by Gasteiger charge is 2.71. The van der Waals surface area contributed by atoms with Gasteiger partial charge in [0.05, 0.1) is 35.7 Å². The summed E-state index contributed by atoms with van der Waals surface area (Å²) in [7, 11) is 0. The number of oxime groups is 1. The number of esters is 1. The number of carbonyl (C=O) groups is 1. The van der Waals surface area contributed by atoms with Gasteiger partial charge in [0.2, 0.25) is 0 Å². The first-order valence-corrected chi connectivity index (χ1v) is 14.6. The van der Waals surface area contributed by atoms with Gasteiger partial charge in [-0.3, -0.25) is 0 Å². The number of aliphatic hydroxyl groups is 4. The summed E-state index contributed by atoms with van der Waals surface area (Å²) in [5.41, 5.74) is -2.37. The summed E-state index contributed by atoms with van der Waals surface area (Å²) in [6.45, 7) is 4.15. The highest BCUT2D eigenvalue weighted by molar-refractivity contribution is 5.85. The van der Waals surface area contributed by atoms with Gasteiger partial charge in [-0.05, 0) is 81.6 Å². The molecule has 4 saturated carbocycles. The van der Waals surface area contributed by atoms with Crippen LogP contribution in [-0.2, 0) is 19.0 Å². The first kappa shape index (κ1) is 27.6. The van der Waals surface area contributed by atoms with Crippen LogP contribution >= 0.6 is 0 Å². The molecule has 2 aliphatic heterocycles. The molecule has 10 nitrogen and oxygen atoms in total. The fourth-order valence-electron chi connectivity index (χ4n) is 9.89. The zero-order valence-corrected chi connectivity index (χ0v) is 22.9. The van der Waals surface area contributed by atoms with Crippen molar-refractivity contribution in [1.29, 1.82) is 0 Å². The molecule has 4 aliphatic carbocycles. The minimum absolute atomic E-state index is 0.0664. The minimum atomic E-state index is -1.18. The Labute approximate surface area is 229 Å². The number of nitrogens with zero attached hydrogens (tertiary/aromatic N) is 1. The maximum absolute atomic E-state index is 12.4. The summed E-state index contributed by atoms with van der Waals surface area (Å²) in [6.07, 6.45) is 5.36. The molecule has 8 unspecified atom stereocenters. The number of aliphatic hydroxyl groups excluding tert-OH is 2. The Hall–Kier alpha value is -1.56. The van der Waals surface area contributed by atoms with E-state index in [9.17, 15) is 30.4 Å². The number of cyclic esters (lactones) is 1. The molecule has 218 valence electrons. The molecule has 0 bridgehead atoms. The van der Waals surface area contributed by atoms with Gasteiger partial charge in [-0.25, -0.2) is 4.79 Å². The zero-order chi connectivity index (χ0) is 27.8. The molecule has 5 N–H and O–H groups in total. The second-order valence-corrected chi connectivity index (χ2v) is 13.4. The topological polar surface area (TPSA) is 158 Å². The van der Waals surface area contributed by atoms with Gasteiger partial charge in [0.25, 0.3) is 0 Å². The van der Waals surface area contributed by atoms with Crippen molar-refractivity contribution < 1.29 is 44.6 Å². The molecule has 12 atom stereocenters. The summed E-state index contributed by atoms with van der Waals surface area (Å²) in [5.74, 6) is -0.372. The van der Waals surface area contributed by atoms with Crippen molar-refractivity contribution in [2.24, 2.45) is 33.7 Å².